The Kier molecular flexibility index (Phi) is 3.43. The lowest BCUT2D eigenvalue weighted by Crippen LogP contribution is -3.00. The Morgan fingerprint density at radius 1 is 1.50 bits per heavy atom. The summed E-state index contributed by atoms with van der Waals surface area (Å²) in [5, 5.41) is 0. The van der Waals surface area contributed by atoms with Crippen LogP contribution in [0.3, 0.4) is 0 Å². The van der Waals surface area contributed by atoms with E-state index in [1.807, 2.05) is 0 Å². The highest BCUT2D eigenvalue weighted by Gasteiger charge is 2.03. The molecule has 1 N–H and O–H groups in total. The number of rotatable bonds is 1. The van der Waals surface area contributed by atoms with Gasteiger partial charge in [-0.25, -0.2) is 9.55 Å². The number of nitrogens with zero attached hydrogens (tertiary/aromatic N) is 1. The summed E-state index contributed by atoms with van der Waals surface area (Å²) in [4.78, 5) is 3.22. The third kappa shape index (κ3) is 1.74. The van der Waals surface area contributed by atoms with Gasteiger partial charge in [-0.1, -0.05) is 0 Å². The highest BCUT2D eigenvalue weighted by atomic mass is 35.5. The number of aryl methyl sites for hydroxylation is 3. The summed E-state index contributed by atoms with van der Waals surface area (Å²) >= 11 is 0. The summed E-state index contributed by atoms with van der Waals surface area (Å²) < 4.78 is 2.19. The van der Waals surface area contributed by atoms with Crippen LogP contribution in [0.2, 0.25) is 0 Å². The summed E-state index contributed by atoms with van der Waals surface area (Å²) in [6.45, 7) is 7.34. The molecule has 58 valence electrons. The van der Waals surface area contributed by atoms with Crippen molar-refractivity contribution in [1.29, 1.82) is 0 Å². The van der Waals surface area contributed by atoms with Gasteiger partial charge in [0.05, 0.1) is 6.54 Å². The maximum absolute atomic E-state index is 3.22. The Morgan fingerprint density at radius 2 is 2.10 bits per heavy atom. The van der Waals surface area contributed by atoms with Gasteiger partial charge in [0, 0.05) is 13.8 Å². The van der Waals surface area contributed by atoms with E-state index in [1.165, 1.54) is 11.5 Å². The third-order valence-electron chi connectivity index (χ3n) is 1.50. The van der Waals surface area contributed by atoms with Crippen LogP contribution >= 0.6 is 0 Å². The molecule has 0 spiro atoms. The molecule has 0 aliphatic rings. The zero-order valence-corrected chi connectivity index (χ0v) is 7.37. The standard InChI is InChI=1S/C7H12N2.ClH/c1-4-9-5-6(2)8-7(9)3;/h5H,4H2,1-3H3;1H. The molecular weight excluding hydrogens is 148 g/mol. The first-order valence-corrected chi connectivity index (χ1v) is 3.29. The minimum Gasteiger partial charge on any atom is -1.00 e. The number of H-pyrrole nitrogens is 1. The van der Waals surface area contributed by atoms with Crippen molar-refractivity contribution in [1.82, 2.24) is 4.98 Å². The highest BCUT2D eigenvalue weighted by molar-refractivity contribution is 4.88. The maximum atomic E-state index is 3.22. The van der Waals surface area contributed by atoms with Gasteiger partial charge in [0.1, 0.15) is 11.9 Å². The van der Waals surface area contributed by atoms with E-state index in [0.29, 0.717) is 0 Å². The number of halogens is 1. The van der Waals surface area contributed by atoms with Crippen LogP contribution in [0.25, 0.3) is 0 Å². The van der Waals surface area contributed by atoms with Crippen LogP contribution in [0.15, 0.2) is 6.20 Å². The summed E-state index contributed by atoms with van der Waals surface area (Å²) in [5.41, 5.74) is 1.23. The molecule has 0 unspecified atom stereocenters. The van der Waals surface area contributed by atoms with Crippen molar-refractivity contribution in [3.63, 3.8) is 0 Å². The fourth-order valence-electron chi connectivity index (χ4n) is 1.05. The molecule has 0 saturated carbocycles. The van der Waals surface area contributed by atoms with Gasteiger partial charge in [0.25, 0.3) is 5.82 Å². The average molecular weight is 161 g/mol. The Morgan fingerprint density at radius 3 is 2.30 bits per heavy atom. The minimum absolute atomic E-state index is 0. The van der Waals surface area contributed by atoms with E-state index in [2.05, 4.69) is 36.5 Å². The van der Waals surface area contributed by atoms with Crippen molar-refractivity contribution in [3.05, 3.63) is 17.7 Å². The molecule has 0 amide bonds. The third-order valence-corrected chi connectivity index (χ3v) is 1.50. The van der Waals surface area contributed by atoms with Crippen molar-refractivity contribution in [2.45, 2.75) is 27.3 Å². The van der Waals surface area contributed by atoms with Gasteiger partial charge >= 0.3 is 0 Å². The largest absolute Gasteiger partial charge is 1.00 e. The summed E-state index contributed by atoms with van der Waals surface area (Å²) in [6, 6.07) is 0. The van der Waals surface area contributed by atoms with Gasteiger partial charge in [-0.15, -0.1) is 0 Å². The van der Waals surface area contributed by atoms with Gasteiger partial charge in [0.2, 0.25) is 0 Å². The van der Waals surface area contributed by atoms with Gasteiger partial charge in [-0.3, -0.25) is 0 Å². The lowest BCUT2D eigenvalue weighted by Gasteiger charge is -1.86. The van der Waals surface area contributed by atoms with Crippen LogP contribution in [0.4, 0.5) is 0 Å². The van der Waals surface area contributed by atoms with Crippen molar-refractivity contribution in [2.75, 3.05) is 0 Å². The van der Waals surface area contributed by atoms with Crippen molar-refractivity contribution in [3.8, 4) is 0 Å². The molecule has 1 heterocycles. The van der Waals surface area contributed by atoms with E-state index >= 15 is 0 Å². The summed E-state index contributed by atoms with van der Waals surface area (Å²) in [7, 11) is 0. The van der Waals surface area contributed by atoms with Gasteiger partial charge < -0.3 is 12.4 Å². The van der Waals surface area contributed by atoms with Crippen LogP contribution in [0.1, 0.15) is 18.4 Å². The van der Waals surface area contributed by atoms with Crippen molar-refractivity contribution >= 4 is 0 Å². The molecule has 0 radical (unpaired) electrons. The fourth-order valence-corrected chi connectivity index (χ4v) is 1.05. The SMILES string of the molecule is CC[n+]1cc(C)[nH]c1C.[Cl-]. The first-order valence-electron chi connectivity index (χ1n) is 3.29. The Balaban J connectivity index is 0.000000810. The molecule has 0 atom stereocenters. The van der Waals surface area contributed by atoms with Crippen LogP contribution in [0, 0.1) is 13.8 Å². The van der Waals surface area contributed by atoms with Gasteiger partial charge in [0.15, 0.2) is 0 Å². The average Bonchev–Trinajstić information content (AvgIpc) is 2.10. The molecule has 3 heteroatoms. The van der Waals surface area contributed by atoms with E-state index in [-0.39, 0.29) is 12.4 Å². The number of hydrogen-bond donors (Lipinski definition) is 1. The first-order chi connectivity index (χ1) is 4.24. The lowest BCUT2D eigenvalue weighted by molar-refractivity contribution is -0.698. The fraction of sp³-hybridized carbons (Fsp3) is 0.571. The molecular formula is C7H13ClN2. The molecule has 1 aromatic rings. The molecule has 1 aromatic heterocycles. The molecule has 0 saturated heterocycles. The first kappa shape index (κ1) is 9.50. The monoisotopic (exact) mass is 160 g/mol. The molecule has 0 aliphatic heterocycles. The van der Waals surface area contributed by atoms with Gasteiger partial charge in [-0.05, 0) is 6.92 Å². The van der Waals surface area contributed by atoms with Crippen LogP contribution in [-0.2, 0) is 6.54 Å². The minimum atomic E-state index is 0. The second kappa shape index (κ2) is 3.62. The predicted molar refractivity (Wildman–Crippen MR) is 36.1 cm³/mol. The topological polar surface area (TPSA) is 19.7 Å². The number of nitrogens with one attached hydrogen (secondary N) is 1. The summed E-state index contributed by atoms with van der Waals surface area (Å²) in [6.07, 6.45) is 2.12. The van der Waals surface area contributed by atoms with E-state index < -0.39 is 0 Å². The predicted octanol–water partition coefficient (Wildman–Crippen LogP) is -2.06. The molecule has 0 bridgehead atoms. The van der Waals surface area contributed by atoms with Crippen LogP contribution in [-0.4, -0.2) is 4.98 Å². The molecule has 0 aromatic carbocycles. The highest BCUT2D eigenvalue weighted by Crippen LogP contribution is 1.89. The smallest absolute Gasteiger partial charge is 0.251 e. The molecule has 2 nitrogen and oxygen atoms in total. The maximum Gasteiger partial charge on any atom is 0.251 e. The van der Waals surface area contributed by atoms with E-state index in [0.717, 1.165) is 6.54 Å². The Labute approximate surface area is 67.7 Å². The molecule has 10 heavy (non-hydrogen) atoms. The number of aromatic amines is 1. The quantitative estimate of drug-likeness (QED) is 0.456. The summed E-state index contributed by atoms with van der Waals surface area (Å²) in [5.74, 6) is 1.23. The number of hydrogen-bond acceptors (Lipinski definition) is 0. The van der Waals surface area contributed by atoms with Crippen molar-refractivity contribution < 1.29 is 17.0 Å². The van der Waals surface area contributed by atoms with E-state index in [4.69, 9.17) is 0 Å². The Hall–Kier alpha value is -0.500. The molecule has 1 rings (SSSR count). The van der Waals surface area contributed by atoms with E-state index in [1.54, 1.807) is 0 Å². The zero-order valence-electron chi connectivity index (χ0n) is 6.61. The zero-order chi connectivity index (χ0) is 6.85. The lowest BCUT2D eigenvalue weighted by atomic mass is 10.6. The second-order valence-corrected chi connectivity index (χ2v) is 2.31. The second-order valence-electron chi connectivity index (χ2n) is 2.31. The van der Waals surface area contributed by atoms with Gasteiger partial charge in [-0.2, -0.15) is 0 Å². The normalized spacial score (nSPS) is 9.10. The molecule has 0 fully saturated rings. The van der Waals surface area contributed by atoms with Crippen LogP contribution < -0.4 is 17.0 Å². The van der Waals surface area contributed by atoms with Crippen LogP contribution in [0.5, 0.6) is 0 Å². The Bertz CT molecular complexity index is 205. The molecule has 0 aliphatic carbocycles. The number of aromatic nitrogens is 2. The number of imidazole rings is 1. The van der Waals surface area contributed by atoms with Crippen molar-refractivity contribution in [2.24, 2.45) is 0 Å². The van der Waals surface area contributed by atoms with E-state index in [9.17, 15) is 0 Å².